The zero-order valence-corrected chi connectivity index (χ0v) is 11.8. The fraction of sp³-hybridized carbons (Fsp3) is 0.250. The molecule has 3 nitrogen and oxygen atoms in total. The SMILES string of the molecule is NCCCOc1ccccc1-c1ccccc1OC(F)(F)F. The first-order chi connectivity index (χ1) is 10.5. The van der Waals surface area contributed by atoms with Crippen LogP contribution in [0, 0.1) is 0 Å². The molecule has 0 aliphatic carbocycles. The number of hydrogen-bond donors (Lipinski definition) is 1. The molecule has 2 aromatic carbocycles. The van der Waals surface area contributed by atoms with Crippen molar-refractivity contribution >= 4 is 0 Å². The maximum Gasteiger partial charge on any atom is 0.573 e. The second kappa shape index (κ2) is 7.17. The lowest BCUT2D eigenvalue weighted by atomic mass is 10.0. The predicted molar refractivity (Wildman–Crippen MR) is 77.7 cm³/mol. The van der Waals surface area contributed by atoms with Gasteiger partial charge >= 0.3 is 6.36 Å². The molecular formula is C16H16F3NO2. The Morgan fingerprint density at radius 2 is 1.41 bits per heavy atom. The van der Waals surface area contributed by atoms with Crippen LogP contribution >= 0.6 is 0 Å². The largest absolute Gasteiger partial charge is 0.573 e. The fourth-order valence-electron chi connectivity index (χ4n) is 1.98. The highest BCUT2D eigenvalue weighted by molar-refractivity contribution is 5.75. The standard InChI is InChI=1S/C16H16F3NO2/c17-16(18,19)22-15-9-4-2-7-13(15)12-6-1-3-8-14(12)21-11-5-10-20/h1-4,6-9H,5,10-11,20H2. The molecule has 0 saturated carbocycles. The zero-order chi connectivity index (χ0) is 16.0. The second-order valence-electron chi connectivity index (χ2n) is 4.53. The maximum absolute atomic E-state index is 12.5. The molecule has 0 bridgehead atoms. The predicted octanol–water partition coefficient (Wildman–Crippen LogP) is 3.98. The topological polar surface area (TPSA) is 44.5 Å². The van der Waals surface area contributed by atoms with Gasteiger partial charge in [0.15, 0.2) is 0 Å². The Morgan fingerprint density at radius 1 is 0.864 bits per heavy atom. The Morgan fingerprint density at radius 3 is 2.00 bits per heavy atom. The van der Waals surface area contributed by atoms with Crippen molar-refractivity contribution in [3.05, 3.63) is 48.5 Å². The van der Waals surface area contributed by atoms with Gasteiger partial charge in [-0.2, -0.15) is 0 Å². The van der Waals surface area contributed by atoms with Crippen LogP contribution in [0.4, 0.5) is 13.2 Å². The number of hydrogen-bond acceptors (Lipinski definition) is 3. The smallest absolute Gasteiger partial charge is 0.493 e. The van der Waals surface area contributed by atoms with Crippen molar-refractivity contribution < 1.29 is 22.6 Å². The van der Waals surface area contributed by atoms with Gasteiger partial charge in [0.05, 0.1) is 6.61 Å². The zero-order valence-electron chi connectivity index (χ0n) is 11.8. The summed E-state index contributed by atoms with van der Waals surface area (Å²) in [6, 6.07) is 12.9. The molecule has 0 aliphatic heterocycles. The molecule has 118 valence electrons. The van der Waals surface area contributed by atoms with Crippen LogP contribution in [0.5, 0.6) is 11.5 Å². The van der Waals surface area contributed by atoms with Crippen molar-refractivity contribution in [3.63, 3.8) is 0 Å². The van der Waals surface area contributed by atoms with E-state index in [-0.39, 0.29) is 5.75 Å². The molecule has 0 radical (unpaired) electrons. The molecule has 2 aromatic rings. The van der Waals surface area contributed by atoms with E-state index in [0.29, 0.717) is 36.4 Å². The third kappa shape index (κ3) is 4.39. The number of nitrogens with two attached hydrogens (primary N) is 1. The van der Waals surface area contributed by atoms with Gasteiger partial charge in [-0.1, -0.05) is 36.4 Å². The normalized spacial score (nSPS) is 11.3. The average Bonchev–Trinajstić information content (AvgIpc) is 2.47. The average molecular weight is 311 g/mol. The number of ether oxygens (including phenoxy) is 2. The molecule has 0 unspecified atom stereocenters. The molecule has 0 aliphatic rings. The van der Waals surface area contributed by atoms with Crippen molar-refractivity contribution in [1.29, 1.82) is 0 Å². The number of para-hydroxylation sites is 2. The van der Waals surface area contributed by atoms with E-state index in [1.54, 1.807) is 36.4 Å². The maximum atomic E-state index is 12.5. The highest BCUT2D eigenvalue weighted by Crippen LogP contribution is 2.38. The molecule has 6 heteroatoms. The minimum atomic E-state index is -4.74. The monoisotopic (exact) mass is 311 g/mol. The summed E-state index contributed by atoms with van der Waals surface area (Å²) in [5.74, 6) is 0.235. The lowest BCUT2D eigenvalue weighted by Gasteiger charge is -2.16. The molecule has 0 atom stereocenters. The van der Waals surface area contributed by atoms with E-state index in [4.69, 9.17) is 10.5 Å². The fourth-order valence-corrected chi connectivity index (χ4v) is 1.98. The van der Waals surface area contributed by atoms with Crippen LogP contribution in [0.3, 0.4) is 0 Å². The summed E-state index contributed by atoms with van der Waals surface area (Å²) < 4.78 is 47.2. The first-order valence-electron chi connectivity index (χ1n) is 6.78. The first-order valence-corrected chi connectivity index (χ1v) is 6.78. The molecule has 0 aromatic heterocycles. The minimum absolute atomic E-state index is 0.259. The van der Waals surface area contributed by atoms with E-state index in [1.807, 2.05) is 0 Å². The van der Waals surface area contributed by atoms with Crippen molar-refractivity contribution in [1.82, 2.24) is 0 Å². The minimum Gasteiger partial charge on any atom is -0.493 e. The van der Waals surface area contributed by atoms with Crippen molar-refractivity contribution in [2.45, 2.75) is 12.8 Å². The van der Waals surface area contributed by atoms with Crippen LogP contribution in [0.15, 0.2) is 48.5 Å². The molecule has 2 rings (SSSR count). The lowest BCUT2D eigenvalue weighted by Crippen LogP contribution is -2.17. The van der Waals surface area contributed by atoms with Gasteiger partial charge in [-0.25, -0.2) is 0 Å². The van der Waals surface area contributed by atoms with Crippen LogP contribution in [0.25, 0.3) is 11.1 Å². The van der Waals surface area contributed by atoms with Gasteiger partial charge in [-0.15, -0.1) is 13.2 Å². The Kier molecular flexibility index (Phi) is 5.27. The van der Waals surface area contributed by atoms with Gasteiger partial charge in [0.25, 0.3) is 0 Å². The molecule has 0 spiro atoms. The van der Waals surface area contributed by atoms with E-state index in [2.05, 4.69) is 4.74 Å². The van der Waals surface area contributed by atoms with E-state index >= 15 is 0 Å². The Bertz CT molecular complexity index is 614. The molecule has 0 fully saturated rings. The van der Waals surface area contributed by atoms with Gasteiger partial charge < -0.3 is 15.2 Å². The quantitative estimate of drug-likeness (QED) is 0.821. The second-order valence-corrected chi connectivity index (χ2v) is 4.53. The number of halogens is 3. The molecule has 2 N–H and O–H groups in total. The third-order valence-electron chi connectivity index (χ3n) is 2.90. The summed E-state index contributed by atoms with van der Waals surface area (Å²) in [6.45, 7) is 0.881. The van der Waals surface area contributed by atoms with Crippen molar-refractivity contribution in [2.24, 2.45) is 5.73 Å². The lowest BCUT2D eigenvalue weighted by molar-refractivity contribution is -0.274. The summed E-state index contributed by atoms with van der Waals surface area (Å²) in [5, 5.41) is 0. The highest BCUT2D eigenvalue weighted by atomic mass is 19.4. The molecule has 0 amide bonds. The summed E-state index contributed by atoms with van der Waals surface area (Å²) >= 11 is 0. The number of benzene rings is 2. The van der Waals surface area contributed by atoms with E-state index in [0.717, 1.165) is 0 Å². The highest BCUT2D eigenvalue weighted by Gasteiger charge is 2.32. The van der Waals surface area contributed by atoms with Crippen LogP contribution in [0.2, 0.25) is 0 Å². The van der Waals surface area contributed by atoms with Gasteiger partial charge in [0.1, 0.15) is 11.5 Å². The van der Waals surface area contributed by atoms with Gasteiger partial charge in [0, 0.05) is 11.1 Å². The van der Waals surface area contributed by atoms with E-state index in [1.165, 1.54) is 12.1 Å². The summed E-state index contributed by atoms with van der Waals surface area (Å²) in [4.78, 5) is 0. The van der Waals surface area contributed by atoms with Gasteiger partial charge in [0.2, 0.25) is 0 Å². The Balaban J connectivity index is 2.35. The van der Waals surface area contributed by atoms with E-state index in [9.17, 15) is 13.2 Å². The van der Waals surface area contributed by atoms with Crippen LogP contribution in [0.1, 0.15) is 6.42 Å². The Labute approximate surface area is 126 Å². The molecule has 22 heavy (non-hydrogen) atoms. The first kappa shape index (κ1) is 16.2. The van der Waals surface area contributed by atoms with E-state index < -0.39 is 6.36 Å². The summed E-state index contributed by atoms with van der Waals surface area (Å²) in [6.07, 6.45) is -4.08. The summed E-state index contributed by atoms with van der Waals surface area (Å²) in [7, 11) is 0. The van der Waals surface area contributed by atoms with Gasteiger partial charge in [-0.3, -0.25) is 0 Å². The Hall–Kier alpha value is -2.21. The molecular weight excluding hydrogens is 295 g/mol. The number of rotatable bonds is 6. The van der Waals surface area contributed by atoms with Crippen LogP contribution in [-0.2, 0) is 0 Å². The van der Waals surface area contributed by atoms with Gasteiger partial charge in [-0.05, 0) is 25.1 Å². The number of alkyl halides is 3. The van der Waals surface area contributed by atoms with Crippen LogP contribution in [-0.4, -0.2) is 19.5 Å². The molecule has 0 heterocycles. The van der Waals surface area contributed by atoms with Crippen molar-refractivity contribution in [2.75, 3.05) is 13.2 Å². The third-order valence-corrected chi connectivity index (χ3v) is 2.90. The van der Waals surface area contributed by atoms with Crippen molar-refractivity contribution in [3.8, 4) is 22.6 Å². The molecule has 0 saturated heterocycles. The summed E-state index contributed by atoms with van der Waals surface area (Å²) in [5.41, 5.74) is 6.27. The van der Waals surface area contributed by atoms with Crippen LogP contribution < -0.4 is 15.2 Å².